The Balaban J connectivity index is 1.86. The van der Waals surface area contributed by atoms with Crippen LogP contribution in [0.1, 0.15) is 28.4 Å². The van der Waals surface area contributed by atoms with E-state index >= 15 is 0 Å². The molecular formula is C20H16F3NO3. The van der Waals surface area contributed by atoms with Crippen molar-refractivity contribution < 1.29 is 27.4 Å². The third kappa shape index (κ3) is 4.36. The summed E-state index contributed by atoms with van der Waals surface area (Å²) in [6.45, 7) is 1.90. The molecule has 0 spiro atoms. The third-order valence-electron chi connectivity index (χ3n) is 3.85. The number of pyridine rings is 1. The average molecular weight is 375 g/mol. The molecule has 3 rings (SSSR count). The molecule has 1 aromatic heterocycles. The van der Waals surface area contributed by atoms with Gasteiger partial charge < -0.3 is 9.47 Å². The normalized spacial score (nSPS) is 11.4. The van der Waals surface area contributed by atoms with Crippen LogP contribution in [0.15, 0.2) is 54.7 Å². The first kappa shape index (κ1) is 18.7. The standard InChI is InChI=1S/C20H16F3NO3/c1-2-26-19(25)14-10-16-17(24-11-14)7-4-8-18(16)27-12-13-5-3-6-15(9-13)20(21,22)23/h3-11H,2,12H2,1H3. The van der Waals surface area contributed by atoms with Gasteiger partial charge in [0, 0.05) is 11.6 Å². The van der Waals surface area contributed by atoms with E-state index in [-0.39, 0.29) is 18.8 Å². The summed E-state index contributed by atoms with van der Waals surface area (Å²) in [6, 6.07) is 11.7. The minimum Gasteiger partial charge on any atom is -0.488 e. The quantitative estimate of drug-likeness (QED) is 0.588. The topological polar surface area (TPSA) is 48.4 Å². The van der Waals surface area contributed by atoms with Crippen molar-refractivity contribution >= 4 is 16.9 Å². The molecule has 0 aliphatic heterocycles. The first-order chi connectivity index (χ1) is 12.9. The Hall–Kier alpha value is -3.09. The lowest BCUT2D eigenvalue weighted by atomic mass is 10.1. The summed E-state index contributed by atoms with van der Waals surface area (Å²) in [7, 11) is 0. The smallest absolute Gasteiger partial charge is 0.416 e. The number of carbonyl (C=O) groups is 1. The molecule has 0 saturated carbocycles. The molecule has 0 unspecified atom stereocenters. The van der Waals surface area contributed by atoms with Crippen LogP contribution in [0.5, 0.6) is 5.75 Å². The number of hydrogen-bond acceptors (Lipinski definition) is 4. The summed E-state index contributed by atoms with van der Waals surface area (Å²) in [5.41, 5.74) is 0.535. The summed E-state index contributed by atoms with van der Waals surface area (Å²) in [6.07, 6.45) is -3.00. The predicted octanol–water partition coefficient (Wildman–Crippen LogP) is 5.01. The number of hydrogen-bond donors (Lipinski definition) is 0. The number of benzene rings is 2. The van der Waals surface area contributed by atoms with Gasteiger partial charge in [0.15, 0.2) is 0 Å². The number of carbonyl (C=O) groups excluding carboxylic acids is 1. The summed E-state index contributed by atoms with van der Waals surface area (Å²) in [4.78, 5) is 16.1. The maximum Gasteiger partial charge on any atom is 0.416 e. The molecule has 0 radical (unpaired) electrons. The molecule has 1 heterocycles. The van der Waals surface area contributed by atoms with E-state index in [2.05, 4.69) is 4.98 Å². The molecule has 0 saturated heterocycles. The van der Waals surface area contributed by atoms with Crippen molar-refractivity contribution in [2.45, 2.75) is 19.7 Å². The van der Waals surface area contributed by atoms with Crippen molar-refractivity contribution in [3.05, 3.63) is 71.4 Å². The summed E-state index contributed by atoms with van der Waals surface area (Å²) in [5.74, 6) is -0.0804. The number of ether oxygens (including phenoxy) is 2. The molecule has 27 heavy (non-hydrogen) atoms. The van der Waals surface area contributed by atoms with Gasteiger partial charge in [0.05, 0.1) is 23.3 Å². The molecule has 0 fully saturated rings. The van der Waals surface area contributed by atoms with Crippen molar-refractivity contribution in [2.24, 2.45) is 0 Å². The molecule has 0 bridgehead atoms. The predicted molar refractivity (Wildman–Crippen MR) is 93.5 cm³/mol. The minimum absolute atomic E-state index is 0.0489. The lowest BCUT2D eigenvalue weighted by molar-refractivity contribution is -0.137. The highest BCUT2D eigenvalue weighted by molar-refractivity contribution is 5.95. The molecule has 4 nitrogen and oxygen atoms in total. The molecule has 0 atom stereocenters. The van der Waals surface area contributed by atoms with Crippen LogP contribution in [-0.4, -0.2) is 17.6 Å². The maximum atomic E-state index is 12.8. The monoisotopic (exact) mass is 375 g/mol. The SMILES string of the molecule is CCOC(=O)c1cnc2cccc(OCc3cccc(C(F)(F)F)c3)c2c1. The van der Waals surface area contributed by atoms with Crippen LogP contribution in [0.3, 0.4) is 0 Å². The van der Waals surface area contributed by atoms with Crippen molar-refractivity contribution in [3.8, 4) is 5.75 Å². The molecule has 3 aromatic rings. The number of esters is 1. The highest BCUT2D eigenvalue weighted by atomic mass is 19.4. The molecule has 7 heteroatoms. The van der Waals surface area contributed by atoms with Crippen LogP contribution >= 0.6 is 0 Å². The highest BCUT2D eigenvalue weighted by Crippen LogP contribution is 2.30. The Bertz CT molecular complexity index is 970. The zero-order valence-corrected chi connectivity index (χ0v) is 14.4. The Kier molecular flexibility index (Phi) is 5.30. The van der Waals surface area contributed by atoms with Crippen molar-refractivity contribution in [3.63, 3.8) is 0 Å². The van der Waals surface area contributed by atoms with Gasteiger partial charge in [0.2, 0.25) is 0 Å². The van der Waals surface area contributed by atoms with Crippen molar-refractivity contribution in [1.29, 1.82) is 0 Å². The van der Waals surface area contributed by atoms with E-state index < -0.39 is 17.7 Å². The largest absolute Gasteiger partial charge is 0.488 e. The number of alkyl halides is 3. The number of nitrogens with zero attached hydrogens (tertiary/aromatic N) is 1. The van der Waals surface area contributed by atoms with Crippen LogP contribution in [-0.2, 0) is 17.5 Å². The van der Waals surface area contributed by atoms with E-state index in [4.69, 9.17) is 9.47 Å². The average Bonchev–Trinajstić information content (AvgIpc) is 2.65. The molecular weight excluding hydrogens is 359 g/mol. The van der Waals surface area contributed by atoms with Gasteiger partial charge in [-0.2, -0.15) is 13.2 Å². The molecule has 0 amide bonds. The molecule has 140 valence electrons. The second kappa shape index (κ2) is 7.65. The van der Waals surface area contributed by atoms with Crippen LogP contribution < -0.4 is 4.74 Å². The van der Waals surface area contributed by atoms with E-state index in [9.17, 15) is 18.0 Å². The Morgan fingerprint density at radius 3 is 2.63 bits per heavy atom. The number of halogens is 3. The van der Waals surface area contributed by atoms with E-state index in [1.165, 1.54) is 12.3 Å². The third-order valence-corrected chi connectivity index (χ3v) is 3.85. The van der Waals surface area contributed by atoms with Crippen LogP contribution in [0.25, 0.3) is 10.9 Å². The zero-order chi connectivity index (χ0) is 19.4. The van der Waals surface area contributed by atoms with E-state index in [1.807, 2.05) is 0 Å². The Labute approximate surface area is 153 Å². The van der Waals surface area contributed by atoms with Gasteiger partial charge in [-0.05, 0) is 42.8 Å². The van der Waals surface area contributed by atoms with Gasteiger partial charge in [0.1, 0.15) is 12.4 Å². The highest BCUT2D eigenvalue weighted by Gasteiger charge is 2.30. The minimum atomic E-state index is -4.41. The second-order valence-corrected chi connectivity index (χ2v) is 5.75. The van der Waals surface area contributed by atoms with Crippen LogP contribution in [0.2, 0.25) is 0 Å². The van der Waals surface area contributed by atoms with Gasteiger partial charge in [0.25, 0.3) is 0 Å². The number of fused-ring (bicyclic) bond motifs is 1. The lowest BCUT2D eigenvalue weighted by Gasteiger charge is -2.12. The maximum absolute atomic E-state index is 12.8. The van der Waals surface area contributed by atoms with E-state index in [0.717, 1.165) is 12.1 Å². The number of aromatic nitrogens is 1. The van der Waals surface area contributed by atoms with Crippen molar-refractivity contribution in [2.75, 3.05) is 6.61 Å². The summed E-state index contributed by atoms with van der Waals surface area (Å²) in [5, 5.41) is 0.579. The van der Waals surface area contributed by atoms with Gasteiger partial charge >= 0.3 is 12.1 Å². The van der Waals surface area contributed by atoms with Crippen LogP contribution in [0.4, 0.5) is 13.2 Å². The van der Waals surface area contributed by atoms with Gasteiger partial charge in [-0.1, -0.05) is 18.2 Å². The molecule has 0 aliphatic rings. The second-order valence-electron chi connectivity index (χ2n) is 5.75. The first-order valence-electron chi connectivity index (χ1n) is 8.23. The fourth-order valence-corrected chi connectivity index (χ4v) is 2.57. The fraction of sp³-hybridized carbons (Fsp3) is 0.200. The van der Waals surface area contributed by atoms with Crippen LogP contribution in [0, 0.1) is 0 Å². The van der Waals surface area contributed by atoms with Gasteiger partial charge in [-0.25, -0.2) is 4.79 Å². The first-order valence-corrected chi connectivity index (χ1v) is 8.23. The summed E-state index contributed by atoms with van der Waals surface area (Å²) >= 11 is 0. The summed E-state index contributed by atoms with van der Waals surface area (Å²) < 4.78 is 49.2. The molecule has 0 N–H and O–H groups in total. The van der Waals surface area contributed by atoms with E-state index in [1.54, 1.807) is 37.3 Å². The molecule has 2 aromatic carbocycles. The van der Waals surface area contributed by atoms with Crippen molar-refractivity contribution in [1.82, 2.24) is 4.98 Å². The molecule has 0 aliphatic carbocycles. The van der Waals surface area contributed by atoms with Gasteiger partial charge in [-0.15, -0.1) is 0 Å². The Morgan fingerprint density at radius 1 is 1.11 bits per heavy atom. The van der Waals surface area contributed by atoms with Gasteiger partial charge in [-0.3, -0.25) is 4.98 Å². The zero-order valence-electron chi connectivity index (χ0n) is 14.4. The van der Waals surface area contributed by atoms with E-state index in [0.29, 0.717) is 22.2 Å². The number of rotatable bonds is 5. The fourth-order valence-electron chi connectivity index (χ4n) is 2.57. The Morgan fingerprint density at radius 2 is 1.89 bits per heavy atom. The lowest BCUT2D eigenvalue weighted by Crippen LogP contribution is -2.06.